The second kappa shape index (κ2) is 8.61. The molecule has 2 saturated carbocycles. The molecule has 9 heteroatoms. The topological polar surface area (TPSA) is 127 Å². The first-order valence-electron chi connectivity index (χ1n) is 11.7. The minimum atomic E-state index is -1.25. The molecule has 0 saturated heterocycles. The average Bonchev–Trinajstić information content (AvgIpc) is 3.59. The summed E-state index contributed by atoms with van der Waals surface area (Å²) in [5, 5.41) is 40.4. The van der Waals surface area contributed by atoms with Crippen LogP contribution in [-0.4, -0.2) is 33.0 Å². The molecule has 0 aliphatic heterocycles. The van der Waals surface area contributed by atoms with E-state index in [9.17, 15) is 15.1 Å². The van der Waals surface area contributed by atoms with Crippen molar-refractivity contribution in [2.45, 2.75) is 63.0 Å². The fraction of sp³-hybridized carbons (Fsp3) is 0.440. The van der Waals surface area contributed by atoms with Gasteiger partial charge >= 0.3 is 5.91 Å². The molecule has 2 N–H and O–H groups in total. The molecule has 34 heavy (non-hydrogen) atoms. The summed E-state index contributed by atoms with van der Waals surface area (Å²) in [5.74, 6) is 0.218. The Morgan fingerprint density at radius 2 is 2.12 bits per heavy atom. The van der Waals surface area contributed by atoms with Crippen LogP contribution < -0.4 is 14.8 Å². The van der Waals surface area contributed by atoms with E-state index in [1.54, 1.807) is 24.3 Å². The van der Waals surface area contributed by atoms with Gasteiger partial charge in [0.05, 0.1) is 29.9 Å². The van der Waals surface area contributed by atoms with Crippen LogP contribution in [0.2, 0.25) is 0 Å². The number of hydrogen-bond acceptors (Lipinski definition) is 6. The highest BCUT2D eigenvalue weighted by atomic mass is 16.5. The molecule has 2 fully saturated rings. The van der Waals surface area contributed by atoms with Crippen LogP contribution >= 0.6 is 0 Å². The number of carbonyl (C=O) groups is 1. The summed E-state index contributed by atoms with van der Waals surface area (Å²) in [6.07, 6.45) is 5.97. The van der Waals surface area contributed by atoms with Crippen molar-refractivity contribution in [2.75, 3.05) is 11.9 Å². The monoisotopic (exact) mass is 461 g/mol. The van der Waals surface area contributed by atoms with Gasteiger partial charge in [0, 0.05) is 35.7 Å². The minimum Gasteiger partial charge on any atom is -0.618 e. The molecule has 2 aliphatic rings. The number of nitriles is 1. The van der Waals surface area contributed by atoms with Gasteiger partial charge in [-0.3, -0.25) is 9.48 Å². The maximum Gasteiger partial charge on any atom is 0.321 e. The van der Waals surface area contributed by atoms with E-state index >= 15 is 0 Å². The second-order valence-electron chi connectivity index (χ2n) is 9.18. The Bertz CT molecular complexity index is 1280. The molecule has 5 rings (SSSR count). The predicted molar refractivity (Wildman–Crippen MR) is 124 cm³/mol. The number of hydrogen-bond donors (Lipinski definition) is 2. The standard InChI is InChI=1S/C25H27N5O4/c1-2-34-23-13-19-17(14-29(28-19)18-8-10-25(32,15-26)11-9-18)12-20(23)27-24(31)22-5-3-4-21(30(22)33)16-6-7-16/h3-5,12-14,16,18,32H,2,6-11H2,1H3,(H,27,31). The molecule has 2 aliphatic carbocycles. The Kier molecular flexibility index (Phi) is 5.62. The van der Waals surface area contributed by atoms with Crippen molar-refractivity contribution < 1.29 is 19.4 Å². The first-order valence-corrected chi connectivity index (χ1v) is 11.7. The molecular weight excluding hydrogens is 434 g/mol. The number of carbonyl (C=O) groups excluding carboxylic acids is 1. The quantitative estimate of drug-likeness (QED) is 0.328. The predicted octanol–water partition coefficient (Wildman–Crippen LogP) is 3.57. The molecule has 0 radical (unpaired) electrons. The van der Waals surface area contributed by atoms with E-state index < -0.39 is 11.5 Å². The minimum absolute atomic E-state index is 0.0508. The maximum absolute atomic E-state index is 13.0. The van der Waals surface area contributed by atoms with Crippen LogP contribution in [0.4, 0.5) is 5.69 Å². The Morgan fingerprint density at radius 3 is 2.79 bits per heavy atom. The van der Waals surface area contributed by atoms with Crippen LogP contribution in [-0.2, 0) is 0 Å². The number of nitrogens with zero attached hydrogens (tertiary/aromatic N) is 4. The first kappa shape index (κ1) is 22.2. The molecule has 2 aromatic heterocycles. The molecule has 0 atom stereocenters. The zero-order valence-corrected chi connectivity index (χ0v) is 19.0. The number of fused-ring (bicyclic) bond motifs is 1. The number of pyridine rings is 1. The highest BCUT2D eigenvalue weighted by Gasteiger charge is 2.35. The van der Waals surface area contributed by atoms with E-state index in [4.69, 9.17) is 10.00 Å². The van der Waals surface area contributed by atoms with E-state index in [1.807, 2.05) is 23.9 Å². The van der Waals surface area contributed by atoms with Gasteiger partial charge in [-0.25, -0.2) is 0 Å². The van der Waals surface area contributed by atoms with Crippen LogP contribution in [0.3, 0.4) is 0 Å². The van der Waals surface area contributed by atoms with Crippen LogP contribution in [0, 0.1) is 16.5 Å². The summed E-state index contributed by atoms with van der Waals surface area (Å²) >= 11 is 0. The molecule has 2 heterocycles. The van der Waals surface area contributed by atoms with Gasteiger partial charge in [0.15, 0.2) is 11.3 Å². The van der Waals surface area contributed by atoms with Gasteiger partial charge in [0.1, 0.15) is 5.75 Å². The third-order valence-corrected chi connectivity index (χ3v) is 6.74. The zero-order valence-electron chi connectivity index (χ0n) is 19.0. The number of amides is 1. The van der Waals surface area contributed by atoms with Gasteiger partial charge in [-0.2, -0.15) is 15.1 Å². The van der Waals surface area contributed by atoms with E-state index in [0.717, 1.165) is 28.5 Å². The van der Waals surface area contributed by atoms with Crippen molar-refractivity contribution in [1.82, 2.24) is 9.78 Å². The van der Waals surface area contributed by atoms with Gasteiger partial charge in [-0.1, -0.05) is 0 Å². The molecule has 9 nitrogen and oxygen atoms in total. The van der Waals surface area contributed by atoms with E-state index in [0.29, 0.717) is 49.4 Å². The van der Waals surface area contributed by atoms with Gasteiger partial charge in [-0.05, 0) is 57.6 Å². The lowest BCUT2D eigenvalue weighted by Gasteiger charge is -2.30. The fourth-order valence-corrected chi connectivity index (χ4v) is 4.64. The third-order valence-electron chi connectivity index (χ3n) is 6.74. The smallest absolute Gasteiger partial charge is 0.321 e. The SMILES string of the molecule is CCOc1cc2nn(C3CCC(O)(C#N)CC3)cc2cc1NC(=O)c1cccc(C2CC2)[n+]1[O-]. The van der Waals surface area contributed by atoms with Gasteiger partial charge in [0.25, 0.3) is 5.69 Å². The number of aliphatic hydroxyl groups is 1. The summed E-state index contributed by atoms with van der Waals surface area (Å²) in [6.45, 7) is 2.26. The summed E-state index contributed by atoms with van der Waals surface area (Å²) in [7, 11) is 0. The Hall–Kier alpha value is -3.64. The molecule has 1 aromatic carbocycles. The Balaban J connectivity index is 1.42. The summed E-state index contributed by atoms with van der Waals surface area (Å²) in [5.41, 5.74) is 0.619. The highest BCUT2D eigenvalue weighted by Crippen LogP contribution is 2.39. The molecule has 0 unspecified atom stereocenters. The van der Waals surface area contributed by atoms with Crippen molar-refractivity contribution in [3.05, 3.63) is 53.1 Å². The summed E-state index contributed by atoms with van der Waals surface area (Å²) in [4.78, 5) is 13.0. The average molecular weight is 462 g/mol. The van der Waals surface area contributed by atoms with Crippen molar-refractivity contribution >= 4 is 22.5 Å². The lowest BCUT2D eigenvalue weighted by Crippen LogP contribution is -2.40. The largest absolute Gasteiger partial charge is 0.618 e. The molecule has 1 amide bonds. The van der Waals surface area contributed by atoms with Crippen LogP contribution in [0.1, 0.15) is 73.6 Å². The lowest BCUT2D eigenvalue weighted by atomic mass is 9.83. The normalized spacial score (nSPS) is 22.3. The van der Waals surface area contributed by atoms with Crippen molar-refractivity contribution in [2.24, 2.45) is 0 Å². The fourth-order valence-electron chi connectivity index (χ4n) is 4.64. The van der Waals surface area contributed by atoms with Crippen LogP contribution in [0.25, 0.3) is 10.9 Å². The number of benzene rings is 1. The van der Waals surface area contributed by atoms with Gasteiger partial charge < -0.3 is 20.4 Å². The first-order chi connectivity index (χ1) is 16.4. The molecule has 3 aromatic rings. The lowest BCUT2D eigenvalue weighted by molar-refractivity contribution is -0.616. The Labute approximate surface area is 197 Å². The number of ether oxygens (including phenoxy) is 1. The van der Waals surface area contributed by atoms with Crippen LogP contribution in [0.5, 0.6) is 5.75 Å². The number of rotatable bonds is 6. The number of nitrogens with one attached hydrogen (secondary N) is 1. The summed E-state index contributed by atoms with van der Waals surface area (Å²) < 4.78 is 8.36. The Morgan fingerprint density at radius 1 is 1.35 bits per heavy atom. The van der Waals surface area contributed by atoms with Gasteiger partial charge in [0.2, 0.25) is 0 Å². The van der Waals surface area contributed by atoms with Crippen molar-refractivity contribution in [3.63, 3.8) is 0 Å². The van der Waals surface area contributed by atoms with Crippen molar-refractivity contribution in [1.29, 1.82) is 5.26 Å². The maximum atomic E-state index is 13.0. The molecular formula is C25H27N5O4. The zero-order chi connectivity index (χ0) is 23.9. The number of anilines is 1. The van der Waals surface area contributed by atoms with Crippen LogP contribution in [0.15, 0.2) is 36.5 Å². The highest BCUT2D eigenvalue weighted by molar-refractivity contribution is 6.04. The molecule has 176 valence electrons. The van der Waals surface area contributed by atoms with E-state index in [-0.39, 0.29) is 17.7 Å². The van der Waals surface area contributed by atoms with Gasteiger partial charge in [-0.15, -0.1) is 0 Å². The second-order valence-corrected chi connectivity index (χ2v) is 9.18. The summed E-state index contributed by atoms with van der Waals surface area (Å²) in [6, 6.07) is 10.7. The molecule has 0 spiro atoms. The number of aromatic nitrogens is 3. The van der Waals surface area contributed by atoms with Crippen molar-refractivity contribution in [3.8, 4) is 11.8 Å². The molecule has 0 bridgehead atoms. The third kappa shape index (κ3) is 4.17. The van der Waals surface area contributed by atoms with E-state index in [2.05, 4.69) is 10.4 Å². The van der Waals surface area contributed by atoms with E-state index in [1.165, 1.54) is 6.07 Å².